The fourth-order valence-electron chi connectivity index (χ4n) is 2.43. The maximum absolute atomic E-state index is 9.48. The normalized spacial score (nSPS) is 18.9. The zero-order valence-electron chi connectivity index (χ0n) is 10.2. The van der Waals surface area contributed by atoms with Crippen molar-refractivity contribution in [1.82, 2.24) is 4.90 Å². The van der Waals surface area contributed by atoms with E-state index in [-0.39, 0.29) is 6.04 Å². The van der Waals surface area contributed by atoms with Crippen molar-refractivity contribution in [2.24, 2.45) is 0 Å². The lowest BCUT2D eigenvalue weighted by Crippen LogP contribution is -2.29. The van der Waals surface area contributed by atoms with Gasteiger partial charge in [0.2, 0.25) is 0 Å². The molecule has 1 saturated heterocycles. The first kappa shape index (κ1) is 13.9. The van der Waals surface area contributed by atoms with E-state index in [1.165, 1.54) is 25.7 Å². The van der Waals surface area contributed by atoms with E-state index in [0.29, 0.717) is 5.02 Å². The predicted molar refractivity (Wildman–Crippen MR) is 77.5 cm³/mol. The Morgan fingerprint density at radius 3 is 2.50 bits per heavy atom. The van der Waals surface area contributed by atoms with Crippen LogP contribution in [-0.2, 0) is 0 Å². The van der Waals surface area contributed by atoms with E-state index in [1.54, 1.807) is 0 Å². The van der Waals surface area contributed by atoms with Crippen molar-refractivity contribution < 1.29 is 0 Å². The van der Waals surface area contributed by atoms with Crippen LogP contribution in [0.25, 0.3) is 0 Å². The topological polar surface area (TPSA) is 27.0 Å². The Bertz CT molecular complexity index is 448. The molecule has 18 heavy (non-hydrogen) atoms. The number of rotatable bonds is 2. The highest BCUT2D eigenvalue weighted by molar-refractivity contribution is 9.10. The highest BCUT2D eigenvalue weighted by atomic mass is 79.9. The molecule has 96 valence electrons. The van der Waals surface area contributed by atoms with Crippen molar-refractivity contribution in [3.63, 3.8) is 0 Å². The van der Waals surface area contributed by atoms with Crippen LogP contribution in [0.5, 0.6) is 0 Å². The number of halogens is 2. The molecule has 1 fully saturated rings. The molecule has 0 amide bonds. The van der Waals surface area contributed by atoms with Crippen LogP contribution in [0.1, 0.15) is 37.3 Å². The zero-order valence-corrected chi connectivity index (χ0v) is 12.5. The van der Waals surface area contributed by atoms with Gasteiger partial charge in [-0.3, -0.25) is 4.90 Å². The van der Waals surface area contributed by atoms with E-state index in [2.05, 4.69) is 26.9 Å². The molecule has 0 saturated carbocycles. The van der Waals surface area contributed by atoms with Gasteiger partial charge >= 0.3 is 0 Å². The summed E-state index contributed by atoms with van der Waals surface area (Å²) in [6.45, 7) is 1.99. The molecule has 1 heterocycles. The van der Waals surface area contributed by atoms with Crippen LogP contribution in [0.2, 0.25) is 5.02 Å². The summed E-state index contributed by atoms with van der Waals surface area (Å²) < 4.78 is 0.961. The monoisotopic (exact) mass is 326 g/mol. The third-order valence-corrected chi connectivity index (χ3v) is 4.34. The van der Waals surface area contributed by atoms with Crippen LogP contribution in [0, 0.1) is 11.3 Å². The van der Waals surface area contributed by atoms with Gasteiger partial charge < -0.3 is 0 Å². The number of benzene rings is 1. The van der Waals surface area contributed by atoms with Gasteiger partial charge in [0.05, 0.1) is 6.07 Å². The van der Waals surface area contributed by atoms with Crippen LogP contribution in [0.3, 0.4) is 0 Å². The summed E-state index contributed by atoms with van der Waals surface area (Å²) in [5.74, 6) is 0. The van der Waals surface area contributed by atoms with Crippen molar-refractivity contribution in [3.8, 4) is 6.07 Å². The lowest BCUT2D eigenvalue weighted by Gasteiger charge is -2.26. The van der Waals surface area contributed by atoms with E-state index >= 15 is 0 Å². The molecule has 4 heteroatoms. The lowest BCUT2D eigenvalue weighted by atomic mass is 10.1. The van der Waals surface area contributed by atoms with Crippen molar-refractivity contribution in [2.75, 3.05) is 13.1 Å². The molecule has 1 aromatic rings. The number of hydrogen-bond donors (Lipinski definition) is 0. The van der Waals surface area contributed by atoms with Gasteiger partial charge in [0.1, 0.15) is 6.04 Å². The first-order valence-electron chi connectivity index (χ1n) is 6.31. The molecule has 0 radical (unpaired) electrons. The molecule has 1 aliphatic heterocycles. The Morgan fingerprint density at radius 2 is 1.89 bits per heavy atom. The van der Waals surface area contributed by atoms with Gasteiger partial charge in [-0.1, -0.05) is 40.4 Å². The van der Waals surface area contributed by atoms with Gasteiger partial charge in [0.15, 0.2) is 0 Å². The van der Waals surface area contributed by atoms with Gasteiger partial charge in [0, 0.05) is 9.50 Å². The smallest absolute Gasteiger partial charge is 0.125 e. The van der Waals surface area contributed by atoms with Gasteiger partial charge in [-0.15, -0.1) is 0 Å². The average Bonchev–Trinajstić information content (AvgIpc) is 2.64. The molecule has 0 N–H and O–H groups in total. The summed E-state index contributed by atoms with van der Waals surface area (Å²) in [4.78, 5) is 2.27. The van der Waals surface area contributed by atoms with E-state index in [0.717, 1.165) is 23.1 Å². The highest BCUT2D eigenvalue weighted by Gasteiger charge is 2.23. The molecule has 1 atom stereocenters. The van der Waals surface area contributed by atoms with Crippen LogP contribution in [0.4, 0.5) is 0 Å². The average molecular weight is 328 g/mol. The molecular weight excluding hydrogens is 312 g/mol. The minimum atomic E-state index is -0.198. The summed E-state index contributed by atoms with van der Waals surface area (Å²) >= 11 is 9.56. The van der Waals surface area contributed by atoms with Crippen molar-refractivity contribution in [3.05, 3.63) is 33.3 Å². The van der Waals surface area contributed by atoms with Crippen LogP contribution in [-0.4, -0.2) is 18.0 Å². The Labute approximate surface area is 122 Å². The maximum Gasteiger partial charge on any atom is 0.125 e. The molecule has 0 spiro atoms. The first-order chi connectivity index (χ1) is 8.72. The Morgan fingerprint density at radius 1 is 1.22 bits per heavy atom. The molecule has 2 rings (SSSR count). The summed E-state index contributed by atoms with van der Waals surface area (Å²) in [5.41, 5.74) is 0.979. The summed E-state index contributed by atoms with van der Waals surface area (Å²) in [6, 6.07) is 7.87. The molecule has 1 unspecified atom stereocenters. The Balaban J connectivity index is 2.26. The van der Waals surface area contributed by atoms with Gasteiger partial charge in [-0.25, -0.2) is 0 Å². The number of nitriles is 1. The van der Waals surface area contributed by atoms with Gasteiger partial charge in [-0.05, 0) is 49.7 Å². The standard InChI is InChI=1S/C14H16BrClN2/c15-13-6-5-11(16)9-12(13)14(10-17)18-7-3-1-2-4-8-18/h5-6,9,14H,1-4,7-8H2. The fraction of sp³-hybridized carbons (Fsp3) is 0.500. The number of nitrogens with zero attached hydrogens (tertiary/aromatic N) is 2. The zero-order chi connectivity index (χ0) is 13.0. The molecular formula is C14H16BrClN2. The molecule has 1 aliphatic rings. The van der Waals surface area contributed by atoms with Crippen molar-refractivity contribution in [1.29, 1.82) is 5.26 Å². The van der Waals surface area contributed by atoms with Crippen LogP contribution >= 0.6 is 27.5 Å². The number of hydrogen-bond acceptors (Lipinski definition) is 2. The molecule has 0 aliphatic carbocycles. The molecule has 2 nitrogen and oxygen atoms in total. The Hall–Kier alpha value is -0.560. The SMILES string of the molecule is N#CC(c1cc(Cl)ccc1Br)N1CCCCCC1. The third-order valence-electron chi connectivity index (χ3n) is 3.38. The van der Waals surface area contributed by atoms with Gasteiger partial charge in [0.25, 0.3) is 0 Å². The second kappa shape index (κ2) is 6.56. The van der Waals surface area contributed by atoms with Crippen LogP contribution in [0.15, 0.2) is 22.7 Å². The second-order valence-corrected chi connectivity index (χ2v) is 5.94. The van der Waals surface area contributed by atoms with Gasteiger partial charge in [-0.2, -0.15) is 5.26 Å². The molecule has 1 aromatic carbocycles. The quantitative estimate of drug-likeness (QED) is 0.797. The number of likely N-dealkylation sites (tertiary alicyclic amines) is 1. The maximum atomic E-state index is 9.48. The second-order valence-electron chi connectivity index (χ2n) is 4.65. The summed E-state index contributed by atoms with van der Waals surface area (Å²) in [7, 11) is 0. The van der Waals surface area contributed by atoms with E-state index in [1.807, 2.05) is 18.2 Å². The largest absolute Gasteiger partial charge is 0.284 e. The van der Waals surface area contributed by atoms with E-state index < -0.39 is 0 Å². The lowest BCUT2D eigenvalue weighted by molar-refractivity contribution is 0.245. The van der Waals surface area contributed by atoms with Crippen LogP contribution < -0.4 is 0 Å². The highest BCUT2D eigenvalue weighted by Crippen LogP contribution is 2.31. The summed E-state index contributed by atoms with van der Waals surface area (Å²) in [6.07, 6.45) is 4.89. The molecule has 0 bridgehead atoms. The van der Waals surface area contributed by atoms with Crippen molar-refractivity contribution in [2.45, 2.75) is 31.7 Å². The van der Waals surface area contributed by atoms with E-state index in [9.17, 15) is 5.26 Å². The minimum Gasteiger partial charge on any atom is -0.284 e. The van der Waals surface area contributed by atoms with E-state index in [4.69, 9.17) is 11.6 Å². The first-order valence-corrected chi connectivity index (χ1v) is 7.48. The fourth-order valence-corrected chi connectivity index (χ4v) is 3.07. The third kappa shape index (κ3) is 3.26. The van der Waals surface area contributed by atoms with Crippen molar-refractivity contribution >= 4 is 27.5 Å². The summed E-state index contributed by atoms with van der Waals surface area (Å²) in [5, 5.41) is 10.2. The molecule has 0 aromatic heterocycles. The Kier molecular flexibility index (Phi) is 5.05. The predicted octanol–water partition coefficient (Wildman–Crippen LogP) is 4.54. The minimum absolute atomic E-state index is 0.198.